The molecule has 4 aromatic heterocycles. The van der Waals surface area contributed by atoms with Crippen LogP contribution < -0.4 is 16.6 Å². The zero-order valence-corrected chi connectivity index (χ0v) is 21.3. The molecule has 6 aromatic rings. The number of nitrogens with one attached hydrogen (secondary N) is 1. The molecule has 0 saturated heterocycles. The first-order valence-electron chi connectivity index (χ1n) is 12.4. The summed E-state index contributed by atoms with van der Waals surface area (Å²) in [5.41, 5.74) is 8.62. The minimum absolute atomic E-state index is 0.0488. The average Bonchev–Trinajstić information content (AvgIpc) is 3.32. The van der Waals surface area contributed by atoms with Crippen LogP contribution >= 0.6 is 0 Å². The number of hydrogen-bond donors (Lipinski definition) is 2. The highest BCUT2D eigenvalue weighted by Crippen LogP contribution is 2.22. The van der Waals surface area contributed by atoms with Crippen LogP contribution in [0.1, 0.15) is 40.3 Å². The van der Waals surface area contributed by atoms with Crippen LogP contribution in [0.4, 0.5) is 5.82 Å². The Hall–Kier alpha value is -5.82. The number of para-hydroxylation sites is 1. The van der Waals surface area contributed by atoms with Gasteiger partial charge in [0, 0.05) is 35.9 Å². The molecular weight excluding hydrogens is 504 g/mol. The summed E-state index contributed by atoms with van der Waals surface area (Å²) in [6.07, 6.45) is 6.54. The number of benzene rings is 2. The molecule has 0 aliphatic rings. The molecule has 0 saturated carbocycles. The van der Waals surface area contributed by atoms with Gasteiger partial charge in [0.05, 0.1) is 22.6 Å². The second-order valence-electron chi connectivity index (χ2n) is 8.97. The third-order valence-electron chi connectivity index (χ3n) is 6.34. The number of rotatable bonds is 4. The molecule has 1 atom stereocenters. The summed E-state index contributed by atoms with van der Waals surface area (Å²) >= 11 is 0. The van der Waals surface area contributed by atoms with Gasteiger partial charge in [0.1, 0.15) is 11.4 Å². The number of nitrogen functional groups attached to an aromatic ring is 1. The lowest BCUT2D eigenvalue weighted by atomic mass is 10.1. The summed E-state index contributed by atoms with van der Waals surface area (Å²) in [6.45, 7) is 1.76. The molecule has 10 heteroatoms. The monoisotopic (exact) mass is 526 g/mol. The predicted octanol–water partition coefficient (Wildman–Crippen LogP) is 3.30. The lowest BCUT2D eigenvalue weighted by Crippen LogP contribution is -2.33. The van der Waals surface area contributed by atoms with E-state index in [1.54, 1.807) is 68.1 Å². The largest absolute Gasteiger partial charge is 0.381 e. The summed E-state index contributed by atoms with van der Waals surface area (Å²) in [5, 5.41) is 7.47. The van der Waals surface area contributed by atoms with Crippen LogP contribution in [0, 0.1) is 11.8 Å². The van der Waals surface area contributed by atoms with Gasteiger partial charge in [0.25, 0.3) is 11.5 Å². The van der Waals surface area contributed by atoms with E-state index in [0.29, 0.717) is 33.6 Å². The first-order valence-corrected chi connectivity index (χ1v) is 12.4. The molecule has 10 nitrogen and oxygen atoms in total. The summed E-state index contributed by atoms with van der Waals surface area (Å²) in [7, 11) is 0. The zero-order valence-electron chi connectivity index (χ0n) is 21.3. The van der Waals surface area contributed by atoms with Crippen molar-refractivity contribution in [1.82, 2.24) is 34.4 Å². The first-order chi connectivity index (χ1) is 19.5. The Morgan fingerprint density at radius 3 is 2.58 bits per heavy atom. The van der Waals surface area contributed by atoms with Gasteiger partial charge in [-0.1, -0.05) is 36.1 Å². The average molecular weight is 527 g/mol. The van der Waals surface area contributed by atoms with Crippen molar-refractivity contribution in [2.75, 3.05) is 5.73 Å². The molecule has 1 unspecified atom stereocenters. The standard InChI is InChI=1S/C30H22N8O2/c1-19(34-29(39)25-26(31)36-37-18-6-15-33-28(25)37)27-35-23-10-5-7-21(12-11-20-13-16-32-17-14-20)24(23)30(40)38(27)22-8-3-2-4-9-22/h2-10,13-19H,1H3,(H2,31,36)(H,34,39). The van der Waals surface area contributed by atoms with Crippen LogP contribution in [-0.2, 0) is 0 Å². The third-order valence-corrected chi connectivity index (χ3v) is 6.34. The van der Waals surface area contributed by atoms with E-state index in [1.807, 2.05) is 30.3 Å². The van der Waals surface area contributed by atoms with Gasteiger partial charge in [-0.25, -0.2) is 14.5 Å². The van der Waals surface area contributed by atoms with Gasteiger partial charge >= 0.3 is 0 Å². The maximum atomic E-state index is 14.1. The van der Waals surface area contributed by atoms with Crippen molar-refractivity contribution in [2.24, 2.45) is 0 Å². The molecular formula is C30H22N8O2. The summed E-state index contributed by atoms with van der Waals surface area (Å²) < 4.78 is 2.94. The number of nitrogens with two attached hydrogens (primary N) is 1. The molecule has 0 radical (unpaired) electrons. The minimum Gasteiger partial charge on any atom is -0.381 e. The van der Waals surface area contributed by atoms with E-state index >= 15 is 0 Å². The molecule has 0 aliphatic carbocycles. The van der Waals surface area contributed by atoms with Gasteiger partial charge in [-0.05, 0) is 49.4 Å². The fraction of sp³-hybridized carbons (Fsp3) is 0.0667. The second-order valence-corrected chi connectivity index (χ2v) is 8.97. The fourth-order valence-electron chi connectivity index (χ4n) is 4.50. The Balaban J connectivity index is 1.48. The van der Waals surface area contributed by atoms with Crippen LogP contribution in [0.15, 0.2) is 96.3 Å². The molecule has 4 heterocycles. The highest BCUT2D eigenvalue weighted by atomic mass is 16.2. The Kier molecular flexibility index (Phi) is 6.22. The Morgan fingerprint density at radius 1 is 0.975 bits per heavy atom. The number of hydrogen-bond acceptors (Lipinski definition) is 7. The number of nitrogens with zero attached hydrogens (tertiary/aromatic N) is 6. The maximum absolute atomic E-state index is 14.1. The zero-order chi connectivity index (χ0) is 27.6. The second kappa shape index (κ2) is 10.2. The number of carbonyl (C=O) groups is 1. The summed E-state index contributed by atoms with van der Waals surface area (Å²) in [6, 6.07) is 19.1. The smallest absolute Gasteiger partial charge is 0.267 e. The molecule has 0 bridgehead atoms. The summed E-state index contributed by atoms with van der Waals surface area (Å²) in [5.74, 6) is 6.12. The van der Waals surface area contributed by atoms with Crippen molar-refractivity contribution in [3.05, 3.63) is 124 Å². The molecule has 0 fully saturated rings. The van der Waals surface area contributed by atoms with Crippen LogP contribution in [0.5, 0.6) is 0 Å². The SMILES string of the molecule is CC(NC(=O)c1c(N)nn2cccnc12)c1nc2cccc(C#Cc3ccncc3)c2c(=O)n1-c1ccccc1. The van der Waals surface area contributed by atoms with Crippen molar-refractivity contribution in [3.8, 4) is 17.5 Å². The predicted molar refractivity (Wildman–Crippen MR) is 151 cm³/mol. The first kappa shape index (κ1) is 24.5. The van der Waals surface area contributed by atoms with Crippen molar-refractivity contribution >= 4 is 28.3 Å². The van der Waals surface area contributed by atoms with Crippen LogP contribution in [-0.4, -0.2) is 35.0 Å². The van der Waals surface area contributed by atoms with Gasteiger partial charge < -0.3 is 11.1 Å². The fourth-order valence-corrected chi connectivity index (χ4v) is 4.50. The van der Waals surface area contributed by atoms with Gasteiger partial charge in [-0.3, -0.25) is 19.1 Å². The number of fused-ring (bicyclic) bond motifs is 2. The maximum Gasteiger partial charge on any atom is 0.267 e. The third kappa shape index (κ3) is 4.41. The van der Waals surface area contributed by atoms with Crippen LogP contribution in [0.25, 0.3) is 22.2 Å². The number of amides is 1. The van der Waals surface area contributed by atoms with Gasteiger partial charge in [0.15, 0.2) is 11.5 Å². The lowest BCUT2D eigenvalue weighted by molar-refractivity contribution is 0.0940. The van der Waals surface area contributed by atoms with E-state index in [2.05, 4.69) is 32.2 Å². The number of anilines is 1. The minimum atomic E-state index is -0.686. The van der Waals surface area contributed by atoms with Crippen molar-refractivity contribution in [2.45, 2.75) is 13.0 Å². The Morgan fingerprint density at radius 2 is 1.77 bits per heavy atom. The number of aromatic nitrogens is 6. The van der Waals surface area contributed by atoms with Gasteiger partial charge in [-0.15, -0.1) is 5.10 Å². The van der Waals surface area contributed by atoms with E-state index in [-0.39, 0.29) is 16.9 Å². The normalized spacial score (nSPS) is 11.6. The number of pyridine rings is 1. The van der Waals surface area contributed by atoms with Crippen molar-refractivity contribution < 1.29 is 4.79 Å². The van der Waals surface area contributed by atoms with Crippen LogP contribution in [0.2, 0.25) is 0 Å². The number of carbonyl (C=O) groups excluding carboxylic acids is 1. The van der Waals surface area contributed by atoms with Crippen LogP contribution in [0.3, 0.4) is 0 Å². The molecule has 194 valence electrons. The van der Waals surface area contributed by atoms with Crippen molar-refractivity contribution in [1.29, 1.82) is 0 Å². The topological polar surface area (TPSA) is 133 Å². The highest BCUT2D eigenvalue weighted by molar-refractivity contribution is 6.04. The molecule has 6 rings (SSSR count). The molecule has 2 aromatic carbocycles. The molecule has 40 heavy (non-hydrogen) atoms. The van der Waals surface area contributed by atoms with E-state index < -0.39 is 11.9 Å². The Labute approximate surface area is 228 Å². The summed E-state index contributed by atoms with van der Waals surface area (Å²) in [4.78, 5) is 40.6. The highest BCUT2D eigenvalue weighted by Gasteiger charge is 2.24. The van der Waals surface area contributed by atoms with Crippen molar-refractivity contribution in [3.63, 3.8) is 0 Å². The molecule has 3 N–H and O–H groups in total. The quantitative estimate of drug-likeness (QED) is 0.337. The Bertz CT molecular complexity index is 2000. The van der Waals surface area contributed by atoms with E-state index in [0.717, 1.165) is 5.56 Å². The van der Waals surface area contributed by atoms with Gasteiger partial charge in [-0.2, -0.15) is 0 Å². The molecule has 0 aliphatic heterocycles. The van der Waals surface area contributed by atoms with E-state index in [9.17, 15) is 9.59 Å². The molecule has 0 spiro atoms. The van der Waals surface area contributed by atoms with E-state index in [1.165, 1.54) is 9.08 Å². The van der Waals surface area contributed by atoms with E-state index in [4.69, 9.17) is 10.7 Å². The lowest BCUT2D eigenvalue weighted by Gasteiger charge is -2.20. The van der Waals surface area contributed by atoms with Gasteiger partial charge in [0.2, 0.25) is 0 Å². The molecule has 1 amide bonds.